The Hall–Kier alpha value is -0.417. The Kier molecular flexibility index (Phi) is 4.14. The first kappa shape index (κ1) is 11.1. The molecular formula is C14H18Ru. The Morgan fingerprint density at radius 1 is 1.27 bits per heavy atom. The standard InChI is InChI=1S/C9H13.C5H5.Ru/c1-2-3-6-9-7-4-5-8-9;1-2-4-5-3-1;/h4,7H,2-3,5-6H2,1H3;1-3H,4H2;. The van der Waals surface area contributed by atoms with Gasteiger partial charge in [-0.25, -0.2) is 0 Å². The zero-order chi connectivity index (χ0) is 10.5. The molecule has 0 aromatic carbocycles. The van der Waals surface area contributed by atoms with Crippen LogP contribution in [0.15, 0.2) is 44.3 Å². The summed E-state index contributed by atoms with van der Waals surface area (Å²) in [6.07, 6.45) is 17.9. The number of rotatable bonds is 5. The van der Waals surface area contributed by atoms with Crippen molar-refractivity contribution in [3.63, 3.8) is 0 Å². The van der Waals surface area contributed by atoms with Crippen LogP contribution >= 0.6 is 0 Å². The predicted octanol–water partition coefficient (Wildman–Crippen LogP) is 4.32. The number of hydrogen-bond donors (Lipinski definition) is 0. The molecule has 0 radical (unpaired) electrons. The molecule has 0 aliphatic heterocycles. The molecule has 0 aromatic heterocycles. The minimum atomic E-state index is 0.363. The van der Waals surface area contributed by atoms with E-state index in [1.807, 2.05) is 0 Å². The summed E-state index contributed by atoms with van der Waals surface area (Å²) < 4.78 is 3.43. The molecule has 0 N–H and O–H groups in total. The van der Waals surface area contributed by atoms with Gasteiger partial charge in [-0.15, -0.1) is 0 Å². The van der Waals surface area contributed by atoms with E-state index < -0.39 is 0 Å². The molecule has 2 rings (SSSR count). The van der Waals surface area contributed by atoms with Crippen LogP contribution in [0.1, 0.15) is 39.0 Å². The molecule has 0 amide bonds. The van der Waals surface area contributed by atoms with Gasteiger partial charge < -0.3 is 0 Å². The Labute approximate surface area is 100 Å². The van der Waals surface area contributed by atoms with E-state index in [4.69, 9.17) is 0 Å². The van der Waals surface area contributed by atoms with E-state index in [2.05, 4.69) is 37.3 Å². The predicted molar refractivity (Wildman–Crippen MR) is 62.1 cm³/mol. The fourth-order valence-electron chi connectivity index (χ4n) is 1.82. The van der Waals surface area contributed by atoms with Gasteiger partial charge in [0.1, 0.15) is 0 Å². The fourth-order valence-corrected chi connectivity index (χ4v) is 4.21. The van der Waals surface area contributed by atoms with Gasteiger partial charge in [0, 0.05) is 0 Å². The minimum absolute atomic E-state index is 0.363. The van der Waals surface area contributed by atoms with E-state index in [0.717, 1.165) is 0 Å². The summed E-state index contributed by atoms with van der Waals surface area (Å²) in [6.45, 7) is 2.27. The molecule has 2 aliphatic rings. The monoisotopic (exact) mass is 288 g/mol. The van der Waals surface area contributed by atoms with Gasteiger partial charge in [0.2, 0.25) is 0 Å². The van der Waals surface area contributed by atoms with Crippen molar-refractivity contribution in [2.75, 3.05) is 0 Å². The molecule has 0 saturated heterocycles. The average molecular weight is 287 g/mol. The molecule has 0 saturated carbocycles. The summed E-state index contributed by atoms with van der Waals surface area (Å²) in [5, 5.41) is 0. The van der Waals surface area contributed by atoms with Crippen LogP contribution in [0.4, 0.5) is 0 Å². The maximum atomic E-state index is 2.36. The molecule has 0 bridgehead atoms. The van der Waals surface area contributed by atoms with Gasteiger partial charge in [-0.1, -0.05) is 0 Å². The molecule has 0 nitrogen and oxygen atoms in total. The third-order valence-corrected chi connectivity index (χ3v) is 5.33. The maximum absolute atomic E-state index is 2.36. The van der Waals surface area contributed by atoms with Crippen molar-refractivity contribution in [1.82, 2.24) is 0 Å². The summed E-state index contributed by atoms with van der Waals surface area (Å²) >= 11 is 0.363. The molecule has 15 heavy (non-hydrogen) atoms. The van der Waals surface area contributed by atoms with Gasteiger partial charge in [0.15, 0.2) is 0 Å². The summed E-state index contributed by atoms with van der Waals surface area (Å²) in [5.74, 6) is 0. The van der Waals surface area contributed by atoms with Crippen molar-refractivity contribution in [2.45, 2.75) is 39.0 Å². The second-order valence-corrected chi connectivity index (χ2v) is 6.54. The SMILES string of the molecule is CCCCC1=[C]([Ru][C]2=CC=CC2)CC=C1. The normalized spacial score (nSPS) is 19.4. The number of hydrogen-bond acceptors (Lipinski definition) is 0. The zero-order valence-corrected chi connectivity index (χ0v) is 11.0. The summed E-state index contributed by atoms with van der Waals surface area (Å²) in [5.41, 5.74) is 1.66. The van der Waals surface area contributed by atoms with Crippen LogP contribution in [0.25, 0.3) is 0 Å². The van der Waals surface area contributed by atoms with Crippen molar-refractivity contribution in [3.8, 4) is 0 Å². The van der Waals surface area contributed by atoms with Crippen molar-refractivity contribution < 1.29 is 17.1 Å². The van der Waals surface area contributed by atoms with E-state index >= 15 is 0 Å². The van der Waals surface area contributed by atoms with Crippen molar-refractivity contribution in [1.29, 1.82) is 0 Å². The second-order valence-electron chi connectivity index (χ2n) is 3.94. The summed E-state index contributed by atoms with van der Waals surface area (Å²) in [7, 11) is 0. The first-order chi connectivity index (χ1) is 7.40. The van der Waals surface area contributed by atoms with Gasteiger partial charge in [0.05, 0.1) is 0 Å². The average Bonchev–Trinajstić information content (AvgIpc) is 2.87. The van der Waals surface area contributed by atoms with Crippen LogP contribution in [0.5, 0.6) is 0 Å². The number of unbranched alkanes of at least 4 members (excludes halogenated alkanes) is 1. The molecule has 0 heterocycles. The molecule has 0 fully saturated rings. The first-order valence-corrected chi connectivity index (χ1v) is 7.50. The Bertz CT molecular complexity index is 342. The van der Waals surface area contributed by atoms with Gasteiger partial charge in [-0.3, -0.25) is 0 Å². The van der Waals surface area contributed by atoms with Crippen molar-refractivity contribution >= 4 is 0 Å². The van der Waals surface area contributed by atoms with Gasteiger partial charge in [0.25, 0.3) is 0 Å². The third-order valence-electron chi connectivity index (χ3n) is 2.69. The fraction of sp³-hybridized carbons (Fsp3) is 0.429. The molecule has 0 aromatic rings. The molecule has 0 spiro atoms. The quantitative estimate of drug-likeness (QED) is 0.661. The molecule has 1 heteroatoms. The summed E-state index contributed by atoms with van der Waals surface area (Å²) in [6, 6.07) is 0. The van der Waals surface area contributed by atoms with E-state index in [0.29, 0.717) is 17.1 Å². The topological polar surface area (TPSA) is 0 Å². The van der Waals surface area contributed by atoms with Crippen molar-refractivity contribution in [2.24, 2.45) is 0 Å². The van der Waals surface area contributed by atoms with Crippen LogP contribution in [-0.4, -0.2) is 0 Å². The molecular weight excluding hydrogens is 269 g/mol. The second kappa shape index (κ2) is 5.61. The number of allylic oxidation sites excluding steroid dienone is 8. The van der Waals surface area contributed by atoms with Crippen LogP contribution < -0.4 is 0 Å². The van der Waals surface area contributed by atoms with Crippen LogP contribution in [-0.2, 0) is 17.1 Å². The van der Waals surface area contributed by atoms with E-state index in [1.54, 1.807) is 13.9 Å². The molecule has 0 atom stereocenters. The third kappa shape index (κ3) is 3.02. The van der Waals surface area contributed by atoms with Crippen molar-refractivity contribution in [3.05, 3.63) is 44.3 Å². The Morgan fingerprint density at radius 2 is 2.20 bits per heavy atom. The van der Waals surface area contributed by atoms with Gasteiger partial charge in [-0.2, -0.15) is 0 Å². The molecule has 82 valence electrons. The van der Waals surface area contributed by atoms with Crippen LogP contribution in [0, 0.1) is 0 Å². The van der Waals surface area contributed by atoms with Gasteiger partial charge >= 0.3 is 100 Å². The Balaban J connectivity index is 1.94. The van der Waals surface area contributed by atoms with Gasteiger partial charge in [-0.05, 0) is 0 Å². The first-order valence-electron chi connectivity index (χ1n) is 5.77. The van der Waals surface area contributed by atoms with E-state index in [9.17, 15) is 0 Å². The summed E-state index contributed by atoms with van der Waals surface area (Å²) in [4.78, 5) is 0. The van der Waals surface area contributed by atoms with Crippen LogP contribution in [0.3, 0.4) is 0 Å². The van der Waals surface area contributed by atoms with E-state index in [1.165, 1.54) is 32.1 Å². The Morgan fingerprint density at radius 3 is 2.93 bits per heavy atom. The molecule has 0 unspecified atom stereocenters. The van der Waals surface area contributed by atoms with E-state index in [-0.39, 0.29) is 0 Å². The van der Waals surface area contributed by atoms with Crippen LogP contribution in [0.2, 0.25) is 0 Å². The molecule has 2 aliphatic carbocycles. The zero-order valence-electron chi connectivity index (χ0n) is 9.28.